The summed E-state index contributed by atoms with van der Waals surface area (Å²) in [6.07, 6.45) is 0.367. The van der Waals surface area contributed by atoms with Crippen LogP contribution in [0.15, 0.2) is 22.6 Å². The summed E-state index contributed by atoms with van der Waals surface area (Å²) in [5.74, 6) is -0.284. The molecule has 112 valence electrons. The zero-order valence-electron chi connectivity index (χ0n) is 11.6. The van der Waals surface area contributed by atoms with E-state index in [9.17, 15) is 4.79 Å². The molecule has 2 aromatic rings. The lowest BCUT2D eigenvalue weighted by Gasteiger charge is -2.19. The zero-order valence-corrected chi connectivity index (χ0v) is 13.1. The van der Waals surface area contributed by atoms with Crippen LogP contribution in [0.5, 0.6) is 0 Å². The fourth-order valence-electron chi connectivity index (χ4n) is 2.01. The Morgan fingerprint density at radius 3 is 2.48 bits per heavy atom. The van der Waals surface area contributed by atoms with E-state index < -0.39 is 11.4 Å². The van der Waals surface area contributed by atoms with Crippen molar-refractivity contribution >= 4 is 29.2 Å². The molecule has 0 saturated heterocycles. The second-order valence-corrected chi connectivity index (χ2v) is 6.32. The molecule has 0 amide bonds. The Balaban J connectivity index is 2.25. The molecule has 21 heavy (non-hydrogen) atoms. The van der Waals surface area contributed by atoms with E-state index in [0.717, 1.165) is 0 Å². The molecule has 0 radical (unpaired) electrons. The van der Waals surface area contributed by atoms with Crippen LogP contribution in [0.1, 0.15) is 26.2 Å². The first-order valence-corrected chi connectivity index (χ1v) is 7.03. The maximum Gasteiger partial charge on any atom is 0.303 e. The molecule has 0 saturated carbocycles. The zero-order chi connectivity index (χ0) is 15.6. The third-order valence-corrected chi connectivity index (χ3v) is 3.53. The molecule has 0 spiro atoms. The minimum atomic E-state index is -0.867. The van der Waals surface area contributed by atoms with E-state index in [1.807, 2.05) is 13.8 Å². The smallest absolute Gasteiger partial charge is 0.303 e. The highest BCUT2D eigenvalue weighted by atomic mass is 35.5. The third-order valence-electron chi connectivity index (χ3n) is 2.90. The van der Waals surface area contributed by atoms with Crippen molar-refractivity contribution in [3.8, 4) is 11.5 Å². The normalized spacial score (nSPS) is 11.6. The van der Waals surface area contributed by atoms with Gasteiger partial charge in [0, 0.05) is 6.42 Å². The SMILES string of the molecule is CC(C)(CC(=O)O)Cc1nnc(-c2c(Cl)cccc2Cl)o1. The van der Waals surface area contributed by atoms with Crippen LogP contribution in [-0.2, 0) is 11.2 Å². The topological polar surface area (TPSA) is 76.2 Å². The van der Waals surface area contributed by atoms with E-state index in [1.165, 1.54) is 0 Å². The van der Waals surface area contributed by atoms with Crippen LogP contribution in [0.4, 0.5) is 0 Å². The summed E-state index contributed by atoms with van der Waals surface area (Å²) in [6, 6.07) is 5.09. The van der Waals surface area contributed by atoms with Gasteiger partial charge in [0.05, 0.1) is 22.0 Å². The van der Waals surface area contributed by atoms with Crippen molar-refractivity contribution in [1.82, 2.24) is 10.2 Å². The predicted molar refractivity (Wildman–Crippen MR) is 79.5 cm³/mol. The molecule has 0 atom stereocenters. The quantitative estimate of drug-likeness (QED) is 0.894. The number of hydrogen-bond donors (Lipinski definition) is 1. The van der Waals surface area contributed by atoms with E-state index >= 15 is 0 Å². The number of benzene rings is 1. The van der Waals surface area contributed by atoms with E-state index in [1.54, 1.807) is 18.2 Å². The van der Waals surface area contributed by atoms with E-state index in [2.05, 4.69) is 10.2 Å². The molecule has 0 aliphatic carbocycles. The molecule has 0 aliphatic rings. The van der Waals surface area contributed by atoms with Gasteiger partial charge in [0.2, 0.25) is 5.89 Å². The summed E-state index contributed by atoms with van der Waals surface area (Å²) >= 11 is 12.2. The summed E-state index contributed by atoms with van der Waals surface area (Å²) in [5.41, 5.74) is -0.00414. The van der Waals surface area contributed by atoms with Gasteiger partial charge in [-0.25, -0.2) is 0 Å². The Bertz CT molecular complexity index is 648. The van der Waals surface area contributed by atoms with Gasteiger partial charge in [-0.05, 0) is 17.5 Å². The highest BCUT2D eigenvalue weighted by Gasteiger charge is 2.26. The molecule has 2 rings (SSSR count). The van der Waals surface area contributed by atoms with E-state index in [4.69, 9.17) is 32.7 Å². The maximum absolute atomic E-state index is 10.8. The molecule has 0 aliphatic heterocycles. The number of aromatic nitrogens is 2. The molecule has 1 N–H and O–H groups in total. The number of carboxylic acids is 1. The van der Waals surface area contributed by atoms with Gasteiger partial charge in [0.25, 0.3) is 5.89 Å². The first kappa shape index (κ1) is 15.8. The minimum Gasteiger partial charge on any atom is -0.481 e. The first-order valence-electron chi connectivity index (χ1n) is 6.27. The lowest BCUT2D eigenvalue weighted by molar-refractivity contribution is -0.139. The molecule has 1 aromatic carbocycles. The summed E-state index contributed by atoms with van der Waals surface area (Å²) in [5, 5.41) is 17.6. The van der Waals surface area contributed by atoms with E-state index in [0.29, 0.717) is 27.9 Å². The standard InChI is InChI=1S/C14H14Cl2N2O3/c1-14(2,7-11(19)20)6-10-17-18-13(21-10)12-8(15)4-3-5-9(12)16/h3-5H,6-7H2,1-2H3,(H,19,20). The number of nitrogens with zero attached hydrogens (tertiary/aromatic N) is 2. The lowest BCUT2D eigenvalue weighted by Crippen LogP contribution is -2.19. The Hall–Kier alpha value is -1.59. The van der Waals surface area contributed by atoms with Gasteiger partial charge in [-0.1, -0.05) is 43.1 Å². The lowest BCUT2D eigenvalue weighted by atomic mass is 9.86. The van der Waals surface area contributed by atoms with Gasteiger partial charge in [0.1, 0.15) is 0 Å². The Morgan fingerprint density at radius 2 is 1.90 bits per heavy atom. The van der Waals surface area contributed by atoms with Crippen molar-refractivity contribution in [2.75, 3.05) is 0 Å². The molecule has 1 aromatic heterocycles. The van der Waals surface area contributed by atoms with Gasteiger partial charge in [-0.2, -0.15) is 0 Å². The van der Waals surface area contributed by atoms with Gasteiger partial charge in [0.15, 0.2) is 0 Å². The largest absolute Gasteiger partial charge is 0.481 e. The second kappa shape index (κ2) is 6.03. The van der Waals surface area contributed by atoms with Crippen LogP contribution < -0.4 is 0 Å². The average molecular weight is 329 g/mol. The molecule has 0 fully saturated rings. The maximum atomic E-state index is 10.8. The van der Waals surface area contributed by atoms with Crippen LogP contribution in [0.25, 0.3) is 11.5 Å². The molecule has 1 heterocycles. The van der Waals surface area contributed by atoms with Crippen molar-refractivity contribution in [3.05, 3.63) is 34.1 Å². The summed E-state index contributed by atoms with van der Waals surface area (Å²) < 4.78 is 5.56. The number of hydrogen-bond acceptors (Lipinski definition) is 4. The highest BCUT2D eigenvalue weighted by Crippen LogP contribution is 2.34. The number of rotatable bonds is 5. The second-order valence-electron chi connectivity index (χ2n) is 5.51. The van der Waals surface area contributed by atoms with Crippen molar-refractivity contribution < 1.29 is 14.3 Å². The van der Waals surface area contributed by atoms with Crippen molar-refractivity contribution in [2.24, 2.45) is 5.41 Å². The number of aliphatic carboxylic acids is 1. The third kappa shape index (κ3) is 3.95. The summed E-state index contributed by atoms with van der Waals surface area (Å²) in [4.78, 5) is 10.8. The average Bonchev–Trinajstić information content (AvgIpc) is 2.74. The Labute approximate surface area is 131 Å². The summed E-state index contributed by atoms with van der Waals surface area (Å²) in [6.45, 7) is 3.65. The monoisotopic (exact) mass is 328 g/mol. The van der Waals surface area contributed by atoms with Gasteiger partial charge < -0.3 is 9.52 Å². The van der Waals surface area contributed by atoms with Crippen LogP contribution in [0.2, 0.25) is 10.0 Å². The molecule has 7 heteroatoms. The first-order chi connectivity index (χ1) is 9.78. The number of halogens is 2. The molecular weight excluding hydrogens is 315 g/mol. The Kier molecular flexibility index (Phi) is 4.54. The fraction of sp³-hybridized carbons (Fsp3) is 0.357. The van der Waals surface area contributed by atoms with Gasteiger partial charge >= 0.3 is 5.97 Å². The minimum absolute atomic E-state index is 0.0115. The summed E-state index contributed by atoms with van der Waals surface area (Å²) in [7, 11) is 0. The van der Waals surface area contributed by atoms with Crippen molar-refractivity contribution in [1.29, 1.82) is 0 Å². The van der Waals surface area contributed by atoms with Crippen LogP contribution in [0, 0.1) is 5.41 Å². The van der Waals surface area contributed by atoms with Crippen LogP contribution in [-0.4, -0.2) is 21.3 Å². The van der Waals surface area contributed by atoms with Crippen molar-refractivity contribution in [3.63, 3.8) is 0 Å². The molecular formula is C14H14Cl2N2O3. The number of carboxylic acid groups (broad SMARTS) is 1. The fourth-order valence-corrected chi connectivity index (χ4v) is 2.57. The molecule has 0 bridgehead atoms. The molecule has 5 nitrogen and oxygen atoms in total. The van der Waals surface area contributed by atoms with Gasteiger partial charge in [-0.15, -0.1) is 10.2 Å². The highest BCUT2D eigenvalue weighted by molar-refractivity contribution is 6.38. The number of carbonyl (C=O) groups is 1. The van der Waals surface area contributed by atoms with Crippen molar-refractivity contribution in [2.45, 2.75) is 26.7 Å². The molecule has 0 unspecified atom stereocenters. The predicted octanol–water partition coefficient (Wildman–Crippen LogP) is 4.09. The van der Waals surface area contributed by atoms with E-state index in [-0.39, 0.29) is 12.3 Å². The Morgan fingerprint density at radius 1 is 1.29 bits per heavy atom. The van der Waals surface area contributed by atoms with Gasteiger partial charge in [-0.3, -0.25) is 4.79 Å². The van der Waals surface area contributed by atoms with Crippen LogP contribution >= 0.6 is 23.2 Å². The van der Waals surface area contributed by atoms with Crippen LogP contribution in [0.3, 0.4) is 0 Å².